The summed E-state index contributed by atoms with van der Waals surface area (Å²) in [5.74, 6) is 0.408. The van der Waals surface area contributed by atoms with Crippen molar-refractivity contribution in [3.8, 4) is 0 Å². The molecule has 1 aliphatic carbocycles. The van der Waals surface area contributed by atoms with Crippen molar-refractivity contribution in [2.45, 2.75) is 19.3 Å². The standard InChI is InChI=1S/C18H21N3OS/c19-11-14-7-4-8-16(14)17(22)21-18-20-15(12-23-18)10-9-13-5-2-1-3-6-13/h1-3,5-6,9-10,12,14,16H,4,7-8,11,19H2,(H,20,21,22)/b10-9+/t14-,16-/m1/s1. The van der Waals surface area contributed by atoms with E-state index in [-0.39, 0.29) is 11.8 Å². The highest BCUT2D eigenvalue weighted by Crippen LogP contribution is 2.32. The van der Waals surface area contributed by atoms with E-state index in [0.717, 1.165) is 30.5 Å². The first-order chi connectivity index (χ1) is 11.3. The Morgan fingerprint density at radius 2 is 2.13 bits per heavy atom. The van der Waals surface area contributed by atoms with E-state index < -0.39 is 0 Å². The lowest BCUT2D eigenvalue weighted by Gasteiger charge is -2.16. The van der Waals surface area contributed by atoms with E-state index in [4.69, 9.17) is 5.73 Å². The van der Waals surface area contributed by atoms with Crippen LogP contribution in [0.1, 0.15) is 30.5 Å². The lowest BCUT2D eigenvalue weighted by molar-refractivity contribution is -0.120. The Kier molecular flexibility index (Phi) is 5.20. The maximum absolute atomic E-state index is 12.4. The molecule has 1 amide bonds. The molecule has 0 unspecified atom stereocenters. The molecule has 1 heterocycles. The van der Waals surface area contributed by atoms with E-state index in [1.54, 1.807) is 0 Å². The van der Waals surface area contributed by atoms with Crippen LogP contribution in [0.2, 0.25) is 0 Å². The number of benzene rings is 1. The van der Waals surface area contributed by atoms with E-state index >= 15 is 0 Å². The largest absolute Gasteiger partial charge is 0.330 e. The molecule has 120 valence electrons. The SMILES string of the molecule is NC[C@H]1CCC[C@H]1C(=O)Nc1nc(/C=C/c2ccccc2)cs1. The molecule has 0 spiro atoms. The zero-order valence-corrected chi connectivity index (χ0v) is 13.8. The van der Waals surface area contributed by atoms with Crippen molar-refractivity contribution in [1.82, 2.24) is 4.98 Å². The van der Waals surface area contributed by atoms with Crippen molar-refractivity contribution in [3.63, 3.8) is 0 Å². The molecular formula is C18H21N3OS. The molecule has 1 aromatic heterocycles. The molecule has 1 aromatic carbocycles. The lowest BCUT2D eigenvalue weighted by atomic mass is 9.95. The Morgan fingerprint density at radius 3 is 2.91 bits per heavy atom. The fourth-order valence-corrected chi connectivity index (χ4v) is 3.71. The molecule has 2 aromatic rings. The number of nitrogens with two attached hydrogens (primary N) is 1. The van der Waals surface area contributed by atoms with Crippen molar-refractivity contribution in [1.29, 1.82) is 0 Å². The molecule has 1 fully saturated rings. The molecule has 0 radical (unpaired) electrons. The number of nitrogens with one attached hydrogen (secondary N) is 1. The van der Waals surface area contributed by atoms with Crippen LogP contribution >= 0.6 is 11.3 Å². The van der Waals surface area contributed by atoms with Crippen molar-refractivity contribution in [3.05, 3.63) is 47.0 Å². The van der Waals surface area contributed by atoms with Crippen LogP contribution in [0.4, 0.5) is 5.13 Å². The molecule has 0 aliphatic heterocycles. The third-order valence-electron chi connectivity index (χ3n) is 4.30. The number of hydrogen-bond acceptors (Lipinski definition) is 4. The van der Waals surface area contributed by atoms with Crippen LogP contribution < -0.4 is 11.1 Å². The number of nitrogens with zero attached hydrogens (tertiary/aromatic N) is 1. The van der Waals surface area contributed by atoms with Crippen LogP contribution in [0.3, 0.4) is 0 Å². The van der Waals surface area contributed by atoms with E-state index in [9.17, 15) is 4.79 Å². The Hall–Kier alpha value is -1.98. The number of rotatable bonds is 5. The van der Waals surface area contributed by atoms with Gasteiger partial charge in [-0.3, -0.25) is 4.79 Å². The molecule has 4 nitrogen and oxygen atoms in total. The van der Waals surface area contributed by atoms with Gasteiger partial charge in [0.25, 0.3) is 0 Å². The summed E-state index contributed by atoms with van der Waals surface area (Å²) in [6, 6.07) is 10.1. The average Bonchev–Trinajstić information content (AvgIpc) is 3.22. The maximum Gasteiger partial charge on any atom is 0.229 e. The highest BCUT2D eigenvalue weighted by atomic mass is 32.1. The average molecular weight is 327 g/mol. The highest BCUT2D eigenvalue weighted by Gasteiger charge is 2.32. The number of carbonyl (C=O) groups is 1. The molecule has 23 heavy (non-hydrogen) atoms. The minimum Gasteiger partial charge on any atom is -0.330 e. The molecule has 0 saturated heterocycles. The smallest absolute Gasteiger partial charge is 0.229 e. The second-order valence-corrected chi connectivity index (χ2v) is 6.70. The molecule has 3 rings (SSSR count). The van der Waals surface area contributed by atoms with Crippen molar-refractivity contribution >= 4 is 34.5 Å². The number of aromatic nitrogens is 1. The van der Waals surface area contributed by atoms with Crippen LogP contribution in [-0.2, 0) is 4.79 Å². The molecule has 1 aliphatic rings. The van der Waals surface area contributed by atoms with Gasteiger partial charge in [0.2, 0.25) is 5.91 Å². The number of anilines is 1. The predicted molar refractivity (Wildman–Crippen MR) is 96.0 cm³/mol. The van der Waals surface area contributed by atoms with Gasteiger partial charge in [-0.15, -0.1) is 11.3 Å². The van der Waals surface area contributed by atoms with Crippen LogP contribution in [0.25, 0.3) is 12.2 Å². The maximum atomic E-state index is 12.4. The predicted octanol–water partition coefficient (Wildman–Crippen LogP) is 3.63. The summed E-state index contributed by atoms with van der Waals surface area (Å²) in [6.45, 7) is 0.584. The first kappa shape index (κ1) is 15.9. The summed E-state index contributed by atoms with van der Waals surface area (Å²) in [6.07, 6.45) is 7.04. The summed E-state index contributed by atoms with van der Waals surface area (Å²) in [7, 11) is 0. The van der Waals surface area contributed by atoms with E-state index in [2.05, 4.69) is 10.3 Å². The van der Waals surface area contributed by atoms with E-state index in [1.165, 1.54) is 11.3 Å². The summed E-state index contributed by atoms with van der Waals surface area (Å²) in [4.78, 5) is 16.8. The zero-order valence-electron chi connectivity index (χ0n) is 12.9. The van der Waals surface area contributed by atoms with Crippen molar-refractivity contribution in [2.24, 2.45) is 17.6 Å². The van der Waals surface area contributed by atoms with Gasteiger partial charge in [0.05, 0.1) is 5.69 Å². The third kappa shape index (κ3) is 4.06. The first-order valence-electron chi connectivity index (χ1n) is 7.96. The Bertz CT molecular complexity index is 681. The Balaban J connectivity index is 1.61. The summed E-state index contributed by atoms with van der Waals surface area (Å²) >= 11 is 1.46. The van der Waals surface area contributed by atoms with Gasteiger partial charge in [0, 0.05) is 11.3 Å². The zero-order chi connectivity index (χ0) is 16.1. The molecule has 1 saturated carbocycles. The first-order valence-corrected chi connectivity index (χ1v) is 8.84. The van der Waals surface area contributed by atoms with Gasteiger partial charge in [0.1, 0.15) is 0 Å². The molecule has 0 bridgehead atoms. The minimum absolute atomic E-state index is 0.0345. The molecular weight excluding hydrogens is 306 g/mol. The van der Waals surface area contributed by atoms with Gasteiger partial charge >= 0.3 is 0 Å². The van der Waals surface area contributed by atoms with Crippen molar-refractivity contribution < 1.29 is 4.79 Å². The number of hydrogen-bond donors (Lipinski definition) is 2. The Morgan fingerprint density at radius 1 is 1.30 bits per heavy atom. The van der Waals surface area contributed by atoms with Gasteiger partial charge < -0.3 is 11.1 Å². The number of carbonyl (C=O) groups excluding carboxylic acids is 1. The fraction of sp³-hybridized carbons (Fsp3) is 0.333. The third-order valence-corrected chi connectivity index (χ3v) is 5.07. The van der Waals surface area contributed by atoms with Gasteiger partial charge in [-0.2, -0.15) is 0 Å². The summed E-state index contributed by atoms with van der Waals surface area (Å²) < 4.78 is 0. The van der Waals surface area contributed by atoms with Crippen LogP contribution in [0.5, 0.6) is 0 Å². The fourth-order valence-electron chi connectivity index (χ4n) is 3.03. The van der Waals surface area contributed by atoms with Gasteiger partial charge in [-0.05, 0) is 36.9 Å². The number of amides is 1. The van der Waals surface area contributed by atoms with Crippen molar-refractivity contribution in [2.75, 3.05) is 11.9 Å². The minimum atomic E-state index is 0.0345. The molecule has 2 atom stereocenters. The topological polar surface area (TPSA) is 68.0 Å². The second kappa shape index (κ2) is 7.53. The van der Waals surface area contributed by atoms with Crippen LogP contribution in [0.15, 0.2) is 35.7 Å². The second-order valence-electron chi connectivity index (χ2n) is 5.84. The van der Waals surface area contributed by atoms with Gasteiger partial charge in [-0.25, -0.2) is 4.98 Å². The quantitative estimate of drug-likeness (QED) is 0.881. The summed E-state index contributed by atoms with van der Waals surface area (Å²) in [5, 5.41) is 5.55. The number of thiazole rings is 1. The lowest BCUT2D eigenvalue weighted by Crippen LogP contribution is -2.29. The molecule has 5 heteroatoms. The van der Waals surface area contributed by atoms with E-state index in [1.807, 2.05) is 47.9 Å². The monoisotopic (exact) mass is 327 g/mol. The van der Waals surface area contributed by atoms with Gasteiger partial charge in [0.15, 0.2) is 5.13 Å². The van der Waals surface area contributed by atoms with Crippen LogP contribution in [0, 0.1) is 11.8 Å². The van der Waals surface area contributed by atoms with E-state index in [0.29, 0.717) is 17.6 Å². The normalized spacial score (nSPS) is 20.9. The van der Waals surface area contributed by atoms with Crippen LogP contribution in [-0.4, -0.2) is 17.4 Å². The van der Waals surface area contributed by atoms with Gasteiger partial charge in [-0.1, -0.05) is 42.8 Å². The molecule has 3 N–H and O–H groups in total. The summed E-state index contributed by atoms with van der Waals surface area (Å²) in [5.41, 5.74) is 7.74. The highest BCUT2D eigenvalue weighted by molar-refractivity contribution is 7.14. The Labute approximate surface area is 140 Å².